The highest BCUT2D eigenvalue weighted by atomic mass is 35.5. The van der Waals surface area contributed by atoms with Gasteiger partial charge in [-0.25, -0.2) is 4.98 Å². The molecule has 0 aliphatic rings. The first-order valence-electron chi connectivity index (χ1n) is 5.93. The summed E-state index contributed by atoms with van der Waals surface area (Å²) in [6, 6.07) is 4.59. The number of rotatable bonds is 4. The molecule has 0 bridgehead atoms. The Morgan fingerprint density at radius 2 is 2.21 bits per heavy atom. The van der Waals surface area contributed by atoms with Crippen LogP contribution < -0.4 is 0 Å². The fourth-order valence-electron chi connectivity index (χ4n) is 2.00. The van der Waals surface area contributed by atoms with Gasteiger partial charge in [-0.05, 0) is 12.1 Å². The Labute approximate surface area is 116 Å². The number of imidazole rings is 1. The highest BCUT2D eigenvalue weighted by molar-refractivity contribution is 6.30. The number of hydrogen-bond acceptors (Lipinski definition) is 3. The molecule has 1 aromatic heterocycles. The second-order valence-corrected chi connectivity index (χ2v) is 5.03. The highest BCUT2D eigenvalue weighted by Crippen LogP contribution is 2.24. The maximum atomic E-state index is 11.0. The molecule has 0 saturated heterocycles. The topological polar surface area (TPSA) is 61.0 Å². The average molecular weight is 280 g/mol. The highest BCUT2D eigenvalue weighted by Gasteiger charge is 2.16. The summed E-state index contributed by atoms with van der Waals surface area (Å²) in [6.45, 7) is 4.46. The molecule has 5 nitrogen and oxygen atoms in total. The lowest BCUT2D eigenvalue weighted by molar-refractivity contribution is -0.385. The van der Waals surface area contributed by atoms with Gasteiger partial charge in [0, 0.05) is 29.4 Å². The van der Waals surface area contributed by atoms with Crippen LogP contribution in [0.2, 0.25) is 5.02 Å². The minimum Gasteiger partial charge on any atom is -0.330 e. The largest absolute Gasteiger partial charge is 0.330 e. The van der Waals surface area contributed by atoms with Gasteiger partial charge in [0.2, 0.25) is 0 Å². The van der Waals surface area contributed by atoms with Crippen molar-refractivity contribution >= 4 is 17.3 Å². The van der Waals surface area contributed by atoms with Crippen molar-refractivity contribution in [1.29, 1.82) is 0 Å². The first-order valence-corrected chi connectivity index (χ1v) is 6.30. The molecule has 100 valence electrons. The monoisotopic (exact) mass is 279 g/mol. The molecule has 0 aliphatic heterocycles. The predicted octanol–water partition coefficient (Wildman–Crippen LogP) is 3.62. The van der Waals surface area contributed by atoms with Crippen LogP contribution in [0.4, 0.5) is 5.69 Å². The lowest BCUT2D eigenvalue weighted by atomic mass is 10.1. The number of benzene rings is 1. The van der Waals surface area contributed by atoms with E-state index < -0.39 is 4.92 Å². The molecular formula is C13H14ClN3O2. The molecule has 2 aromatic rings. The Kier molecular flexibility index (Phi) is 3.85. The molecule has 0 unspecified atom stereocenters. The smallest absolute Gasteiger partial charge is 0.274 e. The molecule has 0 amide bonds. The normalized spacial score (nSPS) is 10.9. The van der Waals surface area contributed by atoms with E-state index in [1.165, 1.54) is 12.1 Å². The summed E-state index contributed by atoms with van der Waals surface area (Å²) < 4.78 is 1.91. The average Bonchev–Trinajstić information content (AvgIpc) is 2.76. The first kappa shape index (κ1) is 13.5. The Balaban J connectivity index is 2.40. The minimum atomic E-state index is -0.391. The van der Waals surface area contributed by atoms with E-state index in [9.17, 15) is 10.1 Å². The Morgan fingerprint density at radius 1 is 1.47 bits per heavy atom. The van der Waals surface area contributed by atoms with Crippen LogP contribution in [0.15, 0.2) is 30.6 Å². The van der Waals surface area contributed by atoms with Gasteiger partial charge in [-0.15, -0.1) is 0 Å². The summed E-state index contributed by atoms with van der Waals surface area (Å²) in [7, 11) is 0. The molecule has 6 heteroatoms. The second-order valence-electron chi connectivity index (χ2n) is 4.60. The van der Waals surface area contributed by atoms with E-state index in [0.717, 1.165) is 5.82 Å². The van der Waals surface area contributed by atoms with Gasteiger partial charge in [-0.2, -0.15) is 0 Å². The van der Waals surface area contributed by atoms with Gasteiger partial charge in [0.1, 0.15) is 5.82 Å². The molecule has 19 heavy (non-hydrogen) atoms. The number of nitro benzene ring substituents is 1. The van der Waals surface area contributed by atoms with Crippen LogP contribution in [0, 0.1) is 10.1 Å². The van der Waals surface area contributed by atoms with Crippen LogP contribution in [0.5, 0.6) is 0 Å². The van der Waals surface area contributed by atoms with Gasteiger partial charge < -0.3 is 4.57 Å². The van der Waals surface area contributed by atoms with Gasteiger partial charge in [-0.3, -0.25) is 10.1 Å². The van der Waals surface area contributed by atoms with Gasteiger partial charge in [-0.1, -0.05) is 25.4 Å². The number of nitro groups is 1. The van der Waals surface area contributed by atoms with Crippen LogP contribution in [0.25, 0.3) is 0 Å². The van der Waals surface area contributed by atoms with Crippen molar-refractivity contribution < 1.29 is 4.92 Å². The summed E-state index contributed by atoms with van der Waals surface area (Å²) in [4.78, 5) is 14.9. The van der Waals surface area contributed by atoms with E-state index in [1.807, 2.05) is 24.6 Å². The van der Waals surface area contributed by atoms with Gasteiger partial charge in [0.25, 0.3) is 5.69 Å². The number of halogens is 1. The van der Waals surface area contributed by atoms with E-state index in [0.29, 0.717) is 17.1 Å². The summed E-state index contributed by atoms with van der Waals surface area (Å²) >= 11 is 5.92. The van der Waals surface area contributed by atoms with Crippen molar-refractivity contribution in [2.75, 3.05) is 0 Å². The van der Waals surface area contributed by atoms with Crippen molar-refractivity contribution in [1.82, 2.24) is 9.55 Å². The van der Waals surface area contributed by atoms with Crippen LogP contribution in [0.3, 0.4) is 0 Å². The van der Waals surface area contributed by atoms with Crippen molar-refractivity contribution in [2.24, 2.45) is 0 Å². The fourth-order valence-corrected chi connectivity index (χ4v) is 2.19. The summed E-state index contributed by atoms with van der Waals surface area (Å²) in [5.41, 5.74) is 0.658. The maximum Gasteiger partial charge on any atom is 0.274 e. The lowest BCUT2D eigenvalue weighted by Gasteiger charge is -2.10. The molecule has 0 saturated carbocycles. The van der Waals surface area contributed by atoms with E-state index >= 15 is 0 Å². The summed E-state index contributed by atoms with van der Waals surface area (Å²) in [6.07, 6.45) is 3.52. The number of aromatic nitrogens is 2. The molecule has 2 rings (SSSR count). The van der Waals surface area contributed by atoms with Crippen LogP contribution in [0.1, 0.15) is 31.2 Å². The predicted molar refractivity (Wildman–Crippen MR) is 73.5 cm³/mol. The number of hydrogen-bond donors (Lipinski definition) is 0. The van der Waals surface area contributed by atoms with Gasteiger partial charge >= 0.3 is 0 Å². The van der Waals surface area contributed by atoms with Crippen molar-refractivity contribution in [2.45, 2.75) is 26.3 Å². The fraction of sp³-hybridized carbons (Fsp3) is 0.308. The van der Waals surface area contributed by atoms with E-state index in [1.54, 1.807) is 12.3 Å². The minimum absolute atomic E-state index is 0.0767. The lowest BCUT2D eigenvalue weighted by Crippen LogP contribution is -2.07. The third-order valence-corrected chi connectivity index (χ3v) is 3.08. The standard InChI is InChI=1S/C13H14ClN3O2/c1-9(2)13-15-5-6-16(13)8-10-7-11(14)3-4-12(10)17(18)19/h3-7,9H,8H2,1-2H3. The molecule has 0 aliphatic carbocycles. The molecule has 0 atom stereocenters. The summed E-state index contributed by atoms with van der Waals surface area (Å²) in [5, 5.41) is 11.5. The quantitative estimate of drug-likeness (QED) is 0.634. The molecule has 0 spiro atoms. The second kappa shape index (κ2) is 5.40. The Morgan fingerprint density at radius 3 is 2.84 bits per heavy atom. The molecule has 1 heterocycles. The zero-order valence-electron chi connectivity index (χ0n) is 10.7. The van der Waals surface area contributed by atoms with Crippen molar-refractivity contribution in [3.8, 4) is 0 Å². The Bertz CT molecular complexity index is 608. The molecule has 0 fully saturated rings. The van der Waals surface area contributed by atoms with Crippen molar-refractivity contribution in [3.05, 3.63) is 57.1 Å². The number of nitrogens with zero attached hydrogens (tertiary/aromatic N) is 3. The SMILES string of the molecule is CC(C)c1nccn1Cc1cc(Cl)ccc1[N+](=O)[O-]. The van der Waals surface area contributed by atoms with E-state index in [-0.39, 0.29) is 11.6 Å². The van der Waals surface area contributed by atoms with Gasteiger partial charge in [0.05, 0.1) is 17.0 Å². The van der Waals surface area contributed by atoms with Crippen LogP contribution >= 0.6 is 11.6 Å². The molecule has 0 radical (unpaired) electrons. The van der Waals surface area contributed by atoms with Crippen LogP contribution in [-0.4, -0.2) is 14.5 Å². The van der Waals surface area contributed by atoms with Crippen LogP contribution in [-0.2, 0) is 6.54 Å². The molecule has 0 N–H and O–H groups in total. The third-order valence-electron chi connectivity index (χ3n) is 2.84. The molecular weight excluding hydrogens is 266 g/mol. The summed E-state index contributed by atoms with van der Waals surface area (Å²) in [5.74, 6) is 1.16. The first-order chi connectivity index (χ1) is 8.99. The van der Waals surface area contributed by atoms with Crippen molar-refractivity contribution in [3.63, 3.8) is 0 Å². The zero-order valence-corrected chi connectivity index (χ0v) is 11.5. The maximum absolute atomic E-state index is 11.0. The Hall–Kier alpha value is -1.88. The molecule has 1 aromatic carbocycles. The third kappa shape index (κ3) is 2.93. The van der Waals surface area contributed by atoms with E-state index in [2.05, 4.69) is 4.98 Å². The van der Waals surface area contributed by atoms with E-state index in [4.69, 9.17) is 11.6 Å². The zero-order chi connectivity index (χ0) is 14.0. The van der Waals surface area contributed by atoms with Gasteiger partial charge in [0.15, 0.2) is 0 Å².